The molecule has 0 saturated carbocycles. The molecule has 12 heavy (non-hydrogen) atoms. The summed E-state index contributed by atoms with van der Waals surface area (Å²) in [5.41, 5.74) is 6.63. The molecule has 0 unspecified atom stereocenters. The van der Waals surface area contributed by atoms with E-state index in [1.165, 1.54) is 0 Å². The normalized spacial score (nSPS) is 12.6. The summed E-state index contributed by atoms with van der Waals surface area (Å²) >= 11 is 9.26. The lowest BCUT2D eigenvalue weighted by Crippen LogP contribution is -2.06. The lowest BCUT2D eigenvalue weighted by Gasteiger charge is -2.08. The highest BCUT2D eigenvalue weighted by molar-refractivity contribution is 9.10. The summed E-state index contributed by atoms with van der Waals surface area (Å²) in [6, 6.07) is 5.43. The first-order valence-electron chi connectivity index (χ1n) is 3.48. The molecule has 2 N–H and O–H groups in total. The van der Waals surface area contributed by atoms with Crippen molar-refractivity contribution in [2.45, 2.75) is 6.04 Å². The Hall–Kier alpha value is -0.310. The lowest BCUT2D eigenvalue weighted by molar-refractivity contribution is 0.914. The van der Waals surface area contributed by atoms with Crippen LogP contribution in [0.1, 0.15) is 11.6 Å². The van der Waals surface area contributed by atoms with E-state index in [0.717, 1.165) is 10.0 Å². The summed E-state index contributed by atoms with van der Waals surface area (Å²) in [7, 11) is 0. The van der Waals surface area contributed by atoms with E-state index in [2.05, 4.69) is 22.5 Å². The Bertz CT molecular complexity index is 299. The molecule has 1 nitrogen and oxygen atoms in total. The second kappa shape index (κ2) is 4.08. The Morgan fingerprint density at radius 2 is 2.25 bits per heavy atom. The average Bonchev–Trinajstić information content (AvgIpc) is 2.03. The molecule has 0 saturated heterocycles. The van der Waals surface area contributed by atoms with Gasteiger partial charge in [-0.25, -0.2) is 0 Å². The van der Waals surface area contributed by atoms with Gasteiger partial charge in [-0.2, -0.15) is 0 Å². The number of hydrogen-bond acceptors (Lipinski definition) is 1. The fourth-order valence-electron chi connectivity index (χ4n) is 0.899. The predicted octanol–water partition coefficient (Wildman–Crippen LogP) is 3.29. The number of rotatable bonds is 2. The molecule has 0 aliphatic rings. The van der Waals surface area contributed by atoms with Gasteiger partial charge >= 0.3 is 0 Å². The van der Waals surface area contributed by atoms with Crippen molar-refractivity contribution in [1.82, 2.24) is 0 Å². The molecular weight excluding hydrogens is 237 g/mol. The van der Waals surface area contributed by atoms with Gasteiger partial charge in [-0.1, -0.05) is 39.7 Å². The van der Waals surface area contributed by atoms with Gasteiger partial charge in [-0.15, -0.1) is 6.58 Å². The van der Waals surface area contributed by atoms with Gasteiger partial charge < -0.3 is 5.73 Å². The summed E-state index contributed by atoms with van der Waals surface area (Å²) in [5, 5.41) is 0.664. The van der Waals surface area contributed by atoms with E-state index in [9.17, 15) is 0 Å². The van der Waals surface area contributed by atoms with Crippen LogP contribution in [0.5, 0.6) is 0 Å². The van der Waals surface area contributed by atoms with Crippen LogP contribution < -0.4 is 5.73 Å². The van der Waals surface area contributed by atoms with Crippen LogP contribution in [-0.4, -0.2) is 0 Å². The van der Waals surface area contributed by atoms with E-state index >= 15 is 0 Å². The van der Waals surface area contributed by atoms with Crippen LogP contribution >= 0.6 is 27.5 Å². The number of benzene rings is 1. The molecule has 0 radical (unpaired) electrons. The van der Waals surface area contributed by atoms with E-state index < -0.39 is 0 Å². The zero-order valence-corrected chi connectivity index (χ0v) is 8.77. The maximum atomic E-state index is 5.95. The smallest absolute Gasteiger partial charge is 0.0493 e. The van der Waals surface area contributed by atoms with Gasteiger partial charge in [0.2, 0.25) is 0 Å². The quantitative estimate of drug-likeness (QED) is 0.796. The molecule has 0 aromatic heterocycles. The molecule has 0 amide bonds. The van der Waals surface area contributed by atoms with Crippen molar-refractivity contribution in [2.75, 3.05) is 0 Å². The Labute approximate surface area is 85.3 Å². The number of hydrogen-bond donors (Lipinski definition) is 1. The summed E-state index contributed by atoms with van der Waals surface area (Å²) < 4.78 is 0.951. The van der Waals surface area contributed by atoms with Crippen molar-refractivity contribution in [3.05, 3.63) is 45.9 Å². The van der Waals surface area contributed by atoms with Crippen LogP contribution in [0.2, 0.25) is 5.02 Å². The second-order valence-electron chi connectivity index (χ2n) is 2.43. The molecule has 64 valence electrons. The molecule has 0 spiro atoms. The van der Waals surface area contributed by atoms with Gasteiger partial charge in [0.05, 0.1) is 0 Å². The van der Waals surface area contributed by atoms with Crippen molar-refractivity contribution in [2.24, 2.45) is 5.73 Å². The zero-order valence-electron chi connectivity index (χ0n) is 6.43. The summed E-state index contributed by atoms with van der Waals surface area (Å²) in [6.07, 6.45) is 1.66. The van der Waals surface area contributed by atoms with Gasteiger partial charge in [0, 0.05) is 15.5 Å². The first-order valence-corrected chi connectivity index (χ1v) is 4.65. The molecule has 3 heteroatoms. The van der Waals surface area contributed by atoms with E-state index in [1.807, 2.05) is 18.2 Å². The van der Waals surface area contributed by atoms with Gasteiger partial charge in [0.15, 0.2) is 0 Å². The Balaban J connectivity index is 3.09. The fourth-order valence-corrected chi connectivity index (χ4v) is 1.70. The first-order chi connectivity index (χ1) is 5.65. The van der Waals surface area contributed by atoms with Gasteiger partial charge in [-0.3, -0.25) is 0 Å². The zero-order chi connectivity index (χ0) is 9.14. The number of nitrogens with two attached hydrogens (primary N) is 1. The van der Waals surface area contributed by atoms with Crippen molar-refractivity contribution >= 4 is 27.5 Å². The fraction of sp³-hybridized carbons (Fsp3) is 0.111. The molecule has 0 aliphatic carbocycles. The highest BCUT2D eigenvalue weighted by Gasteiger charge is 2.05. The van der Waals surface area contributed by atoms with Crippen LogP contribution in [0.3, 0.4) is 0 Å². The van der Waals surface area contributed by atoms with Crippen molar-refractivity contribution < 1.29 is 0 Å². The third-order valence-corrected chi connectivity index (χ3v) is 2.40. The van der Waals surface area contributed by atoms with Crippen LogP contribution in [0.4, 0.5) is 0 Å². The minimum atomic E-state index is -0.189. The van der Waals surface area contributed by atoms with Crippen molar-refractivity contribution in [1.29, 1.82) is 0 Å². The standard InChI is InChI=1S/C9H9BrClN/c1-2-9(12)7-4-3-6(10)5-8(7)11/h2-5,9H,1,12H2/t9-/m0/s1. The molecule has 0 aliphatic heterocycles. The molecule has 1 atom stereocenters. The minimum Gasteiger partial charge on any atom is -0.321 e. The lowest BCUT2D eigenvalue weighted by atomic mass is 10.1. The maximum absolute atomic E-state index is 5.95. The molecular formula is C9H9BrClN. The van der Waals surface area contributed by atoms with Crippen LogP contribution in [-0.2, 0) is 0 Å². The third-order valence-electron chi connectivity index (χ3n) is 1.58. The first kappa shape index (κ1) is 9.78. The molecule has 0 fully saturated rings. The van der Waals surface area contributed by atoms with Gasteiger partial charge in [-0.05, 0) is 17.7 Å². The van der Waals surface area contributed by atoms with Crippen molar-refractivity contribution in [3.8, 4) is 0 Å². The summed E-state index contributed by atoms with van der Waals surface area (Å²) in [6.45, 7) is 3.61. The van der Waals surface area contributed by atoms with Crippen LogP contribution in [0.25, 0.3) is 0 Å². The number of halogens is 2. The maximum Gasteiger partial charge on any atom is 0.0493 e. The Kier molecular flexibility index (Phi) is 3.32. The Morgan fingerprint density at radius 3 is 2.75 bits per heavy atom. The third kappa shape index (κ3) is 2.09. The largest absolute Gasteiger partial charge is 0.321 e. The molecule has 0 bridgehead atoms. The molecule has 1 aromatic carbocycles. The van der Waals surface area contributed by atoms with E-state index in [4.69, 9.17) is 17.3 Å². The SMILES string of the molecule is C=C[C@H](N)c1ccc(Br)cc1Cl. The van der Waals surface area contributed by atoms with E-state index in [1.54, 1.807) is 6.08 Å². The minimum absolute atomic E-state index is 0.189. The second-order valence-corrected chi connectivity index (χ2v) is 3.75. The summed E-state index contributed by atoms with van der Waals surface area (Å²) in [4.78, 5) is 0. The van der Waals surface area contributed by atoms with Crippen LogP contribution in [0, 0.1) is 0 Å². The van der Waals surface area contributed by atoms with Crippen molar-refractivity contribution in [3.63, 3.8) is 0 Å². The van der Waals surface area contributed by atoms with Gasteiger partial charge in [0.1, 0.15) is 0 Å². The predicted molar refractivity (Wildman–Crippen MR) is 56.3 cm³/mol. The highest BCUT2D eigenvalue weighted by atomic mass is 79.9. The Morgan fingerprint density at radius 1 is 1.58 bits per heavy atom. The summed E-state index contributed by atoms with van der Waals surface area (Å²) in [5.74, 6) is 0. The topological polar surface area (TPSA) is 26.0 Å². The monoisotopic (exact) mass is 245 g/mol. The van der Waals surface area contributed by atoms with E-state index in [0.29, 0.717) is 5.02 Å². The highest BCUT2D eigenvalue weighted by Crippen LogP contribution is 2.25. The van der Waals surface area contributed by atoms with Gasteiger partial charge in [0.25, 0.3) is 0 Å². The molecule has 0 heterocycles. The molecule has 1 aromatic rings. The van der Waals surface area contributed by atoms with E-state index in [-0.39, 0.29) is 6.04 Å². The molecule has 1 rings (SSSR count). The average molecular weight is 247 g/mol. The van der Waals surface area contributed by atoms with Crippen LogP contribution in [0.15, 0.2) is 35.3 Å².